The minimum Gasteiger partial charge on any atom is -0.504 e. The molecule has 1 saturated carbocycles. The van der Waals surface area contributed by atoms with Gasteiger partial charge >= 0.3 is 17.9 Å². The number of carbonyl (C=O) groups excluding carboxylic acids is 11. The van der Waals surface area contributed by atoms with Gasteiger partial charge in [-0.15, -0.1) is 0 Å². The average Bonchev–Trinajstić information content (AvgIpc) is 1.42. The van der Waals surface area contributed by atoms with Crippen molar-refractivity contribution >= 4 is 174 Å². The van der Waals surface area contributed by atoms with E-state index in [9.17, 15) is 73.8 Å². The number of nitrogens with zero attached hydrogens (tertiary/aromatic N) is 8. The Balaban J connectivity index is 0.000000112. The number of phenolic OH excluding ortho intramolecular Hbond substituents is 1. The van der Waals surface area contributed by atoms with Crippen molar-refractivity contribution in [2.45, 2.75) is 201 Å². The van der Waals surface area contributed by atoms with E-state index >= 15 is 9.59 Å². The van der Waals surface area contributed by atoms with Crippen molar-refractivity contribution in [3.63, 3.8) is 0 Å². The van der Waals surface area contributed by atoms with E-state index < -0.39 is 156 Å². The van der Waals surface area contributed by atoms with Gasteiger partial charge in [-0.3, -0.25) is 52.8 Å². The third kappa shape index (κ3) is 9.45. The van der Waals surface area contributed by atoms with E-state index in [2.05, 4.69) is 5.32 Å². The SMILES string of the molecule is CC(C)C12SSC3(C(=O)N1C)C(O)C1(C45c6ccccc6CC4N4C(=O)C6(CO)N(C)C(=O)C4(C5O)S6=S=S=S)c4ccccc4NC1N3C2=O.CCCC(=O)OC1C=C2CC34SSC5(CC6=CC(OC(C)=O)C7CC7C6N5C3=O)C(=O)N4C2C2OC12.COc1cccc2c1Oc1cc(ccc1O)C(O)C13SSC4(C(=O)N1C)C(O)C1=COC=CC(OC2=O)C1N4C3=O. The highest BCUT2D eigenvalue weighted by Crippen LogP contribution is 2.80. The van der Waals surface area contributed by atoms with Crippen LogP contribution in [0.15, 0.2) is 132 Å². The first-order valence-electron chi connectivity index (χ1n) is 41.8. The van der Waals surface area contributed by atoms with Crippen LogP contribution in [0.4, 0.5) is 5.69 Å². The van der Waals surface area contributed by atoms with Crippen LogP contribution in [0.5, 0.6) is 23.0 Å². The summed E-state index contributed by atoms with van der Waals surface area (Å²) in [6.45, 7) is 6.50. The molecule has 4 aliphatic carbocycles. The number of esters is 3. The molecule has 17 saturated heterocycles. The van der Waals surface area contributed by atoms with Crippen LogP contribution >= 0.6 is 64.8 Å². The lowest BCUT2D eigenvalue weighted by Gasteiger charge is -2.60. The van der Waals surface area contributed by atoms with Gasteiger partial charge in [-0.05, 0) is 184 Å². The van der Waals surface area contributed by atoms with Crippen LogP contribution < -0.4 is 14.8 Å². The van der Waals surface area contributed by atoms with Crippen LogP contribution in [0.1, 0.15) is 98.5 Å². The molecule has 20 aliphatic heterocycles. The van der Waals surface area contributed by atoms with E-state index in [-0.39, 0.29) is 124 Å². The molecule has 20 heterocycles. The number of ether oxygens (including phenoxy) is 7. The zero-order valence-corrected chi connectivity index (χ0v) is 77.1. The predicted molar refractivity (Wildman–Crippen MR) is 471 cm³/mol. The second kappa shape index (κ2) is 27.8. The topological polar surface area (TPSA) is 415 Å². The highest BCUT2D eigenvalue weighted by molar-refractivity contribution is 8.79. The Kier molecular flexibility index (Phi) is 18.3. The molecule has 7 N–H and O–H groups in total. The minimum absolute atomic E-state index is 0.00265. The predicted octanol–water partition coefficient (Wildman–Crippen LogP) is 3.75. The summed E-state index contributed by atoms with van der Waals surface area (Å²) in [6, 6.07) is 21.0. The van der Waals surface area contributed by atoms with Gasteiger partial charge in [0.2, 0.25) is 19.5 Å². The maximum absolute atomic E-state index is 15.2. The summed E-state index contributed by atoms with van der Waals surface area (Å²) in [5.74, 6) is -4.69. The summed E-state index contributed by atoms with van der Waals surface area (Å²) < 4.78 is 40.0. The van der Waals surface area contributed by atoms with Gasteiger partial charge in [0.05, 0.1) is 55.2 Å². The van der Waals surface area contributed by atoms with Gasteiger partial charge < -0.3 is 103 Å². The number of methoxy groups -OCH3 is 1. The van der Waals surface area contributed by atoms with Gasteiger partial charge in [0.25, 0.3) is 47.3 Å². The molecule has 670 valence electrons. The number of amides is 8. The molecular weight excluding hydrogens is 1850 g/mol. The fourth-order valence-corrected chi connectivity index (χ4v) is 45.6. The zero-order chi connectivity index (χ0) is 89.6. The quantitative estimate of drug-likeness (QED) is 0.0434. The number of para-hydroxylation sites is 2. The Morgan fingerprint density at radius 1 is 0.680 bits per heavy atom. The summed E-state index contributed by atoms with van der Waals surface area (Å²) in [6.07, 6.45) is 1.02. The first kappa shape index (κ1) is 84.2. The van der Waals surface area contributed by atoms with Crippen molar-refractivity contribution in [3.8, 4) is 23.0 Å². The summed E-state index contributed by atoms with van der Waals surface area (Å²) in [7, 11) is 14.0. The van der Waals surface area contributed by atoms with E-state index in [0.29, 0.717) is 42.5 Å². The van der Waals surface area contributed by atoms with Gasteiger partial charge in [0.15, 0.2) is 42.5 Å². The standard InChI is InChI=1S/C33H33N5O7S6.C27H22N2O10S2.C25H26N2O7S2/c1-15(2)31-26(44)38-23-30(18-11-7-8-12-19(18)34-23,21(40)32(38,48-47-31)25(43)36(31)4)29-17-10-6-5-9-16(17)13-20(29)37-24(42)28(14-39)35(3)27(45)33(37,22(29)41)51(28)50-49-46;1-28-24(34)27-22(32)14-11-37-9-8-16-19(14)29(27)25(35)26(28,40-41-27)21(31)12-6-7-15(30)18(10-12)38-20-13(23(33)39-16)4-3-5-17(20)36-2;1-3-4-17(29)33-16-6-12-9-25-22(30)26-18-11(5-15(32-10(2)28)13-7-14(13)18)8-24(26,35-36-25)23(31)27(25)19(12)21-20(16)34-21/h5-12,15,20-23,34,39-41H,13-14H2,1-4H3;3-11,16,19,21-22,30-32H,1-2H3;5-6,13-16,18-21H,3-4,7-9H2,1-2H3. The van der Waals surface area contributed by atoms with Gasteiger partial charge in [-0.25, -0.2) is 4.79 Å². The lowest BCUT2D eigenvalue weighted by Crippen LogP contribution is -2.79. The van der Waals surface area contributed by atoms with Crippen molar-refractivity contribution < 1.29 is 117 Å². The molecule has 128 heavy (non-hydrogen) atoms. The number of nitrogens with one attached hydrogen (secondary N) is 1. The third-order valence-electron chi connectivity index (χ3n) is 30.5. The number of aliphatic hydroxyl groups excluding tert-OH is 5. The molecule has 18 fully saturated rings. The number of rotatable bonds is 8. The zero-order valence-electron chi connectivity index (χ0n) is 68.9. The highest BCUT2D eigenvalue weighted by Gasteiger charge is 2.96. The molecule has 4 aromatic carbocycles. The summed E-state index contributed by atoms with van der Waals surface area (Å²) in [5.41, 5.74) is 1.64. The number of likely N-dealkylation sites (N-methyl/N-ethyl adjacent to an activating group) is 3. The van der Waals surface area contributed by atoms with Crippen molar-refractivity contribution in [3.05, 3.63) is 160 Å². The maximum atomic E-state index is 15.2. The lowest BCUT2D eigenvalue weighted by atomic mass is 9.51. The smallest absolute Gasteiger partial charge is 0.342 e. The number of anilines is 1. The second-order valence-electron chi connectivity index (χ2n) is 36.0. The first-order valence-corrected chi connectivity index (χ1v) is 53.0. The van der Waals surface area contributed by atoms with Crippen LogP contribution in [-0.4, -0.2) is 288 Å². The molecule has 8 amide bonds. The van der Waals surface area contributed by atoms with E-state index in [1.165, 1.54) is 139 Å². The van der Waals surface area contributed by atoms with E-state index in [1.54, 1.807) is 19.2 Å². The molecule has 24 aliphatic rings. The lowest BCUT2D eigenvalue weighted by molar-refractivity contribution is -0.175. The van der Waals surface area contributed by atoms with Crippen molar-refractivity contribution in [1.82, 2.24) is 39.2 Å². The number of aliphatic hydroxyl groups is 5. The van der Waals surface area contributed by atoms with Crippen molar-refractivity contribution in [2.75, 3.05) is 40.2 Å². The third-order valence-corrected chi connectivity index (χ3v) is 49.5. The van der Waals surface area contributed by atoms with Crippen LogP contribution in [0.25, 0.3) is 0 Å². The first-order chi connectivity index (χ1) is 61.3. The van der Waals surface area contributed by atoms with Gasteiger partial charge in [-0.1, -0.05) is 108 Å². The van der Waals surface area contributed by atoms with E-state index in [1.807, 2.05) is 91.3 Å². The molecule has 11 bridgehead atoms. The number of piperazine rings is 4. The van der Waals surface area contributed by atoms with Crippen LogP contribution in [-0.2, 0) is 127 Å². The molecule has 0 radical (unpaired) electrons. The number of carbonyl (C=O) groups is 11. The monoisotopic (exact) mass is 1930 g/mol. The summed E-state index contributed by atoms with van der Waals surface area (Å²) >= 11 is 5.37. The van der Waals surface area contributed by atoms with Crippen LogP contribution in [0.2, 0.25) is 0 Å². The van der Waals surface area contributed by atoms with E-state index in [0.717, 1.165) is 67.4 Å². The van der Waals surface area contributed by atoms with Gasteiger partial charge in [0.1, 0.15) is 72.7 Å². The Morgan fingerprint density at radius 3 is 2.08 bits per heavy atom. The Morgan fingerprint density at radius 2 is 1.37 bits per heavy atom. The number of epoxide rings is 1. The van der Waals surface area contributed by atoms with Crippen LogP contribution in [0, 0.1) is 17.8 Å². The maximum Gasteiger partial charge on any atom is 0.342 e. The molecule has 28 rings (SSSR count). The molecule has 0 aromatic heterocycles. The van der Waals surface area contributed by atoms with Gasteiger partial charge in [0, 0.05) is 64.5 Å². The Bertz CT molecular complexity index is 6140. The highest BCUT2D eigenvalue weighted by atomic mass is 33.2. The van der Waals surface area contributed by atoms with E-state index in [4.69, 9.17) is 44.3 Å². The minimum atomic E-state index is -1.88. The fraction of sp³-hybridized carbons (Fsp3) is 0.494. The summed E-state index contributed by atoms with van der Waals surface area (Å²) in [5, 5.41) is 75.9. The molecule has 33 nitrogen and oxygen atoms in total. The number of fused-ring (bicyclic) bond motifs is 23. The molecule has 4 aromatic rings. The number of hydrogen-bond acceptors (Lipinski definition) is 32. The van der Waals surface area contributed by atoms with Gasteiger partial charge in [-0.2, -0.15) is 0 Å². The number of phenols is 1. The Hall–Kier alpha value is -8.12. The number of benzene rings is 4. The largest absolute Gasteiger partial charge is 0.504 e. The molecule has 43 heteroatoms. The molecule has 27 atom stereocenters. The molecule has 27 unspecified atom stereocenters. The normalized spacial score (nSPS) is 42.0. The number of aromatic hydroxyl groups is 1. The fourth-order valence-electron chi connectivity index (χ4n) is 25.1. The molecule has 6 spiro atoms. The average molecular weight is 1930 g/mol. The van der Waals surface area contributed by atoms with Crippen molar-refractivity contribution in [2.24, 2.45) is 17.8 Å². The van der Waals surface area contributed by atoms with Crippen molar-refractivity contribution in [1.29, 1.82) is 0 Å². The number of hydrogen-bond donors (Lipinski definition) is 7. The van der Waals surface area contributed by atoms with Crippen LogP contribution in [0.3, 0.4) is 0 Å². The Labute approximate surface area is 766 Å². The second-order valence-corrected chi connectivity index (χ2v) is 50.2. The molecular formula is C85H81N9O24S10. The summed E-state index contributed by atoms with van der Waals surface area (Å²) in [4.78, 5) is 155.